The van der Waals surface area contributed by atoms with E-state index >= 15 is 0 Å². The topological polar surface area (TPSA) is 29.9 Å². The van der Waals surface area contributed by atoms with Crippen molar-refractivity contribution in [3.63, 3.8) is 0 Å². The first-order valence-electron chi connectivity index (χ1n) is 7.12. The molecule has 2 atom stereocenters. The Balaban J connectivity index is 2.51. The van der Waals surface area contributed by atoms with E-state index in [9.17, 15) is 0 Å². The molecule has 1 aromatic rings. The minimum absolute atomic E-state index is 0.260. The molecule has 0 saturated carbocycles. The minimum Gasteiger partial charge on any atom is -0.336 e. The predicted molar refractivity (Wildman–Crippen MR) is 77.5 cm³/mol. The summed E-state index contributed by atoms with van der Waals surface area (Å²) in [4.78, 5) is 4.12. The van der Waals surface area contributed by atoms with Crippen molar-refractivity contribution < 1.29 is 0 Å². The maximum atomic E-state index is 4.12. The van der Waals surface area contributed by atoms with Crippen molar-refractivity contribution in [3.05, 3.63) is 18.7 Å². The summed E-state index contributed by atoms with van der Waals surface area (Å²) in [5.74, 6) is 0.752. The molecule has 0 aliphatic rings. The fourth-order valence-electron chi connectivity index (χ4n) is 2.19. The summed E-state index contributed by atoms with van der Waals surface area (Å²) in [5, 5.41) is 3.73. The zero-order valence-corrected chi connectivity index (χ0v) is 12.6. The van der Waals surface area contributed by atoms with E-state index in [1.54, 1.807) is 0 Å². The van der Waals surface area contributed by atoms with Crippen molar-refractivity contribution in [3.8, 4) is 0 Å². The van der Waals surface area contributed by atoms with Crippen molar-refractivity contribution in [2.45, 2.75) is 60.0 Å². The number of rotatable bonds is 7. The van der Waals surface area contributed by atoms with Crippen molar-refractivity contribution in [2.24, 2.45) is 11.3 Å². The van der Waals surface area contributed by atoms with Gasteiger partial charge in [-0.25, -0.2) is 4.98 Å². The predicted octanol–water partition coefficient (Wildman–Crippen LogP) is 3.32. The Labute approximate surface area is 112 Å². The number of nitrogens with zero attached hydrogens (tertiary/aromatic N) is 2. The van der Waals surface area contributed by atoms with Gasteiger partial charge in [0.15, 0.2) is 0 Å². The van der Waals surface area contributed by atoms with Crippen molar-refractivity contribution in [1.29, 1.82) is 0 Å². The summed E-state index contributed by atoms with van der Waals surface area (Å²) in [6, 6.07) is 0.478. The molecule has 18 heavy (non-hydrogen) atoms. The summed E-state index contributed by atoms with van der Waals surface area (Å²) in [6.07, 6.45) is 8.35. The molecular weight excluding hydrogens is 222 g/mol. The van der Waals surface area contributed by atoms with Crippen LogP contribution in [0.15, 0.2) is 18.7 Å². The SMILES string of the molecule is CCCC(C)CNC(Cn1ccnc1)C(C)(C)C. The maximum Gasteiger partial charge on any atom is 0.0946 e. The van der Waals surface area contributed by atoms with Gasteiger partial charge in [0, 0.05) is 25.0 Å². The van der Waals surface area contributed by atoms with Gasteiger partial charge in [-0.2, -0.15) is 0 Å². The summed E-state index contributed by atoms with van der Waals surface area (Å²) in [6.45, 7) is 13.6. The van der Waals surface area contributed by atoms with Crippen LogP contribution in [-0.4, -0.2) is 22.1 Å². The average molecular weight is 251 g/mol. The second-order valence-corrected chi connectivity index (χ2v) is 6.48. The van der Waals surface area contributed by atoms with Crippen molar-refractivity contribution in [1.82, 2.24) is 14.9 Å². The molecule has 0 radical (unpaired) electrons. The molecule has 0 aliphatic heterocycles. The highest BCUT2D eigenvalue weighted by molar-refractivity contribution is 4.84. The Morgan fingerprint density at radius 3 is 2.56 bits per heavy atom. The molecule has 3 nitrogen and oxygen atoms in total. The normalized spacial score (nSPS) is 15.6. The Hall–Kier alpha value is -0.830. The van der Waals surface area contributed by atoms with Crippen LogP contribution in [0.3, 0.4) is 0 Å². The van der Waals surface area contributed by atoms with Crippen molar-refractivity contribution in [2.75, 3.05) is 6.54 Å². The maximum absolute atomic E-state index is 4.12. The lowest BCUT2D eigenvalue weighted by Gasteiger charge is -2.33. The highest BCUT2D eigenvalue weighted by atomic mass is 15.1. The molecule has 1 rings (SSSR count). The third-order valence-corrected chi connectivity index (χ3v) is 3.49. The van der Waals surface area contributed by atoms with Crippen LogP contribution in [0.25, 0.3) is 0 Å². The lowest BCUT2D eigenvalue weighted by atomic mass is 9.86. The lowest BCUT2D eigenvalue weighted by molar-refractivity contribution is 0.231. The van der Waals surface area contributed by atoms with Crippen LogP contribution in [0.1, 0.15) is 47.5 Å². The Morgan fingerprint density at radius 1 is 1.33 bits per heavy atom. The van der Waals surface area contributed by atoms with Gasteiger partial charge in [0.1, 0.15) is 0 Å². The van der Waals surface area contributed by atoms with Gasteiger partial charge in [0.25, 0.3) is 0 Å². The van der Waals surface area contributed by atoms with E-state index in [4.69, 9.17) is 0 Å². The number of aromatic nitrogens is 2. The van der Waals surface area contributed by atoms with Gasteiger partial charge in [0.2, 0.25) is 0 Å². The van der Waals surface area contributed by atoms with Crippen LogP contribution in [-0.2, 0) is 6.54 Å². The van der Waals surface area contributed by atoms with Crippen molar-refractivity contribution >= 4 is 0 Å². The molecule has 0 saturated heterocycles. The zero-order valence-electron chi connectivity index (χ0n) is 12.6. The first kappa shape index (κ1) is 15.2. The van der Waals surface area contributed by atoms with E-state index in [-0.39, 0.29) is 5.41 Å². The summed E-state index contributed by atoms with van der Waals surface area (Å²) < 4.78 is 2.16. The molecule has 104 valence electrons. The Kier molecular flexibility index (Phi) is 5.86. The smallest absolute Gasteiger partial charge is 0.0946 e. The molecule has 2 unspecified atom stereocenters. The zero-order chi connectivity index (χ0) is 13.6. The molecule has 0 bridgehead atoms. The van der Waals surface area contributed by atoms with Crippen LogP contribution in [0.4, 0.5) is 0 Å². The third-order valence-electron chi connectivity index (χ3n) is 3.49. The van der Waals surface area contributed by atoms with E-state index in [2.05, 4.69) is 49.5 Å². The third kappa shape index (κ3) is 5.21. The molecule has 1 heterocycles. The van der Waals surface area contributed by atoms with E-state index in [0.29, 0.717) is 6.04 Å². The summed E-state index contributed by atoms with van der Waals surface area (Å²) in [5.41, 5.74) is 0.260. The summed E-state index contributed by atoms with van der Waals surface area (Å²) in [7, 11) is 0. The molecule has 0 aliphatic carbocycles. The molecule has 0 fully saturated rings. The Bertz CT molecular complexity index is 311. The second kappa shape index (κ2) is 6.93. The van der Waals surface area contributed by atoms with Crippen LogP contribution in [0.5, 0.6) is 0 Å². The Morgan fingerprint density at radius 2 is 2.06 bits per heavy atom. The molecule has 0 aromatic carbocycles. The lowest BCUT2D eigenvalue weighted by Crippen LogP contribution is -2.44. The van der Waals surface area contributed by atoms with E-state index in [0.717, 1.165) is 19.0 Å². The minimum atomic E-state index is 0.260. The number of nitrogens with one attached hydrogen (secondary N) is 1. The molecule has 3 heteroatoms. The molecule has 1 N–H and O–H groups in total. The van der Waals surface area contributed by atoms with Gasteiger partial charge < -0.3 is 9.88 Å². The van der Waals surface area contributed by atoms with Crippen LogP contribution in [0, 0.1) is 11.3 Å². The van der Waals surface area contributed by atoms with E-state index < -0.39 is 0 Å². The van der Waals surface area contributed by atoms with Gasteiger partial charge in [0.05, 0.1) is 6.33 Å². The van der Waals surface area contributed by atoms with E-state index in [1.807, 2.05) is 18.7 Å². The first-order chi connectivity index (χ1) is 8.43. The van der Waals surface area contributed by atoms with Gasteiger partial charge >= 0.3 is 0 Å². The molecular formula is C15H29N3. The number of hydrogen-bond acceptors (Lipinski definition) is 2. The van der Waals surface area contributed by atoms with Gasteiger partial charge in [-0.3, -0.25) is 0 Å². The van der Waals surface area contributed by atoms with Gasteiger partial charge in [-0.05, 0) is 24.3 Å². The van der Waals surface area contributed by atoms with Crippen LogP contribution >= 0.6 is 0 Å². The van der Waals surface area contributed by atoms with Crippen LogP contribution < -0.4 is 5.32 Å². The molecule has 0 spiro atoms. The fraction of sp³-hybridized carbons (Fsp3) is 0.800. The van der Waals surface area contributed by atoms with E-state index in [1.165, 1.54) is 12.8 Å². The quantitative estimate of drug-likeness (QED) is 0.805. The van der Waals surface area contributed by atoms with Gasteiger partial charge in [-0.15, -0.1) is 0 Å². The fourth-order valence-corrected chi connectivity index (χ4v) is 2.19. The average Bonchev–Trinajstić information content (AvgIpc) is 2.75. The highest BCUT2D eigenvalue weighted by Gasteiger charge is 2.24. The van der Waals surface area contributed by atoms with Gasteiger partial charge in [-0.1, -0.05) is 41.0 Å². The standard InChI is InChI=1S/C15H29N3/c1-6-7-13(2)10-17-14(15(3,4)5)11-18-9-8-16-12-18/h8-9,12-14,17H,6-7,10-11H2,1-5H3. The monoisotopic (exact) mass is 251 g/mol. The number of imidazole rings is 1. The molecule has 1 aromatic heterocycles. The van der Waals surface area contributed by atoms with Crippen LogP contribution in [0.2, 0.25) is 0 Å². The largest absolute Gasteiger partial charge is 0.336 e. The number of hydrogen-bond donors (Lipinski definition) is 1. The second-order valence-electron chi connectivity index (χ2n) is 6.48. The highest BCUT2D eigenvalue weighted by Crippen LogP contribution is 2.21. The first-order valence-corrected chi connectivity index (χ1v) is 7.12. The molecule has 0 amide bonds. The summed E-state index contributed by atoms with van der Waals surface area (Å²) >= 11 is 0.